The molecule has 22 heavy (non-hydrogen) atoms. The predicted molar refractivity (Wildman–Crippen MR) is 77.8 cm³/mol. The number of hydrogen-bond donors (Lipinski definition) is 0. The van der Waals surface area contributed by atoms with Gasteiger partial charge in [-0.1, -0.05) is 0 Å². The van der Waals surface area contributed by atoms with Crippen molar-refractivity contribution in [2.45, 2.75) is 51.9 Å². The van der Waals surface area contributed by atoms with Crippen LogP contribution in [0.3, 0.4) is 0 Å². The number of nitrogens with zero attached hydrogens (tertiary/aromatic N) is 2. The Balaban J connectivity index is 1.76. The van der Waals surface area contributed by atoms with Gasteiger partial charge in [0, 0.05) is 12.1 Å². The van der Waals surface area contributed by atoms with Gasteiger partial charge >= 0.3 is 5.97 Å². The summed E-state index contributed by atoms with van der Waals surface area (Å²) in [5.41, 5.74) is 1.08. The summed E-state index contributed by atoms with van der Waals surface area (Å²) in [6.45, 7) is 3.38. The van der Waals surface area contributed by atoms with Crippen LogP contribution < -0.4 is 0 Å². The Morgan fingerprint density at radius 2 is 2.09 bits per heavy atom. The molecule has 0 radical (unpaired) electrons. The van der Waals surface area contributed by atoms with E-state index in [0.29, 0.717) is 36.4 Å². The molecule has 1 aliphatic carbocycles. The molecule has 120 valence electrons. The van der Waals surface area contributed by atoms with Gasteiger partial charge in [0.15, 0.2) is 0 Å². The molecule has 6 heteroatoms. The minimum Gasteiger partial charge on any atom is -0.462 e. The van der Waals surface area contributed by atoms with E-state index in [4.69, 9.17) is 4.74 Å². The zero-order valence-electron chi connectivity index (χ0n) is 12.9. The van der Waals surface area contributed by atoms with Crippen molar-refractivity contribution in [2.24, 2.45) is 0 Å². The van der Waals surface area contributed by atoms with Gasteiger partial charge in [-0.05, 0) is 51.5 Å². The molecule has 0 amide bonds. The van der Waals surface area contributed by atoms with E-state index in [2.05, 4.69) is 9.97 Å². The zero-order valence-corrected chi connectivity index (χ0v) is 12.9. The van der Waals surface area contributed by atoms with Crippen molar-refractivity contribution in [3.05, 3.63) is 34.9 Å². The third kappa shape index (κ3) is 4.58. The van der Waals surface area contributed by atoms with Crippen LogP contribution in [0.5, 0.6) is 0 Å². The molecule has 0 aromatic carbocycles. The van der Waals surface area contributed by atoms with Gasteiger partial charge in [0.1, 0.15) is 5.82 Å². The molecule has 0 spiro atoms. The third-order valence-corrected chi connectivity index (χ3v) is 3.66. The number of esters is 1. The maximum atomic E-state index is 12.2. The van der Waals surface area contributed by atoms with Gasteiger partial charge in [0.05, 0.1) is 17.9 Å². The van der Waals surface area contributed by atoms with Gasteiger partial charge in [-0.15, -0.1) is 0 Å². The lowest BCUT2D eigenvalue weighted by Crippen LogP contribution is -2.11. The number of carbonyl (C=O) groups is 1. The van der Waals surface area contributed by atoms with E-state index >= 15 is 0 Å². The van der Waals surface area contributed by atoms with E-state index in [1.54, 1.807) is 6.92 Å². The lowest BCUT2D eigenvalue weighted by atomic mass is 10.1. The maximum absolute atomic E-state index is 12.2. The smallest absolute Gasteiger partial charge is 0.341 e. The highest BCUT2D eigenvalue weighted by Crippen LogP contribution is 2.37. The number of aryl methyl sites for hydroxylation is 1. The molecule has 0 bridgehead atoms. The summed E-state index contributed by atoms with van der Waals surface area (Å²) in [6.07, 6.45) is 3.54. The summed E-state index contributed by atoms with van der Waals surface area (Å²) in [5.74, 6) is 0.782. The van der Waals surface area contributed by atoms with E-state index in [1.807, 2.05) is 0 Å². The van der Waals surface area contributed by atoms with Crippen LogP contribution in [0.2, 0.25) is 0 Å². The molecule has 1 heterocycles. The highest BCUT2D eigenvalue weighted by Gasteiger charge is 2.27. The van der Waals surface area contributed by atoms with Crippen molar-refractivity contribution in [3.8, 4) is 0 Å². The van der Waals surface area contributed by atoms with Gasteiger partial charge in [-0.2, -0.15) is 8.78 Å². The highest BCUT2D eigenvalue weighted by atomic mass is 19.3. The number of hydrogen-bond acceptors (Lipinski definition) is 4. The van der Waals surface area contributed by atoms with Gasteiger partial charge < -0.3 is 4.74 Å². The number of halogens is 2. The van der Waals surface area contributed by atoms with Gasteiger partial charge in [-0.25, -0.2) is 14.8 Å². The summed E-state index contributed by atoms with van der Waals surface area (Å²) < 4.78 is 29.6. The molecule has 1 fully saturated rings. The summed E-state index contributed by atoms with van der Waals surface area (Å²) >= 11 is 0. The second kappa shape index (κ2) is 7.42. The zero-order chi connectivity index (χ0) is 16.1. The molecule has 0 N–H and O–H groups in total. The fourth-order valence-electron chi connectivity index (χ4n) is 2.05. The molecular weight excluding hydrogens is 290 g/mol. The average Bonchev–Trinajstić information content (AvgIpc) is 3.30. The number of carbonyl (C=O) groups excluding carboxylic acids is 1. The molecule has 1 saturated carbocycles. The molecule has 0 aliphatic heterocycles. The van der Waals surface area contributed by atoms with Gasteiger partial charge in [0.25, 0.3) is 6.08 Å². The van der Waals surface area contributed by atoms with Crippen LogP contribution in [0.25, 0.3) is 0 Å². The first-order valence-corrected chi connectivity index (χ1v) is 7.50. The number of ether oxygens (including phenoxy) is 1. The molecule has 1 aromatic heterocycles. The second-order valence-corrected chi connectivity index (χ2v) is 5.64. The molecule has 4 nitrogen and oxygen atoms in total. The molecule has 0 saturated heterocycles. The summed E-state index contributed by atoms with van der Waals surface area (Å²) in [5, 5.41) is 0. The van der Waals surface area contributed by atoms with Crippen LogP contribution in [0.1, 0.15) is 66.8 Å². The molecule has 0 unspecified atom stereocenters. The van der Waals surface area contributed by atoms with Gasteiger partial charge in [-0.3, -0.25) is 0 Å². The third-order valence-electron chi connectivity index (χ3n) is 3.66. The number of allylic oxidation sites excluding steroid dienone is 1. The quantitative estimate of drug-likeness (QED) is 0.560. The van der Waals surface area contributed by atoms with E-state index in [1.165, 1.54) is 13.1 Å². The van der Waals surface area contributed by atoms with Crippen LogP contribution in [0.15, 0.2) is 17.9 Å². The van der Waals surface area contributed by atoms with Crippen molar-refractivity contribution in [1.82, 2.24) is 9.97 Å². The number of rotatable bonds is 7. The van der Waals surface area contributed by atoms with E-state index in [9.17, 15) is 13.6 Å². The molecule has 1 aromatic rings. The van der Waals surface area contributed by atoms with E-state index in [0.717, 1.165) is 18.7 Å². The SMILES string of the molecule is CC(CCCCOC(=O)c1cnc(C2CC2)nc1C)=C(F)F. The van der Waals surface area contributed by atoms with Crippen LogP contribution in [0.4, 0.5) is 8.78 Å². The first-order chi connectivity index (χ1) is 10.5. The van der Waals surface area contributed by atoms with Crippen molar-refractivity contribution >= 4 is 5.97 Å². The first kappa shape index (κ1) is 16.5. The monoisotopic (exact) mass is 310 g/mol. The minimum absolute atomic E-state index is 0.0891. The largest absolute Gasteiger partial charge is 0.462 e. The second-order valence-electron chi connectivity index (χ2n) is 5.64. The van der Waals surface area contributed by atoms with Crippen LogP contribution in [0, 0.1) is 6.92 Å². The number of aromatic nitrogens is 2. The topological polar surface area (TPSA) is 52.1 Å². The first-order valence-electron chi connectivity index (χ1n) is 7.50. The Hall–Kier alpha value is -1.85. The molecule has 1 aliphatic rings. The Kier molecular flexibility index (Phi) is 5.57. The van der Waals surface area contributed by atoms with Crippen LogP contribution in [-0.2, 0) is 4.74 Å². The average molecular weight is 310 g/mol. The highest BCUT2D eigenvalue weighted by molar-refractivity contribution is 5.90. The summed E-state index contributed by atoms with van der Waals surface area (Å²) in [6, 6.07) is 0. The summed E-state index contributed by atoms with van der Waals surface area (Å²) in [4.78, 5) is 20.5. The lowest BCUT2D eigenvalue weighted by molar-refractivity contribution is 0.0496. The Labute approximate surface area is 128 Å². The Bertz CT molecular complexity index is 580. The van der Waals surface area contributed by atoms with Crippen molar-refractivity contribution in [1.29, 1.82) is 0 Å². The van der Waals surface area contributed by atoms with Crippen LogP contribution >= 0.6 is 0 Å². The minimum atomic E-state index is -1.62. The molecule has 2 rings (SSSR count). The van der Waals surface area contributed by atoms with Crippen molar-refractivity contribution < 1.29 is 18.3 Å². The fourth-order valence-corrected chi connectivity index (χ4v) is 2.05. The fraction of sp³-hybridized carbons (Fsp3) is 0.562. The van der Waals surface area contributed by atoms with Crippen LogP contribution in [-0.4, -0.2) is 22.5 Å². The van der Waals surface area contributed by atoms with E-state index < -0.39 is 12.0 Å². The standard InChI is InChI=1S/C16H20F2N2O2/c1-10(14(17)18)5-3-4-8-22-16(21)13-9-19-15(12-6-7-12)20-11(13)2/h9,12H,3-8H2,1-2H3. The van der Waals surface area contributed by atoms with Crippen molar-refractivity contribution in [2.75, 3.05) is 6.61 Å². The van der Waals surface area contributed by atoms with Gasteiger partial charge in [0.2, 0.25) is 0 Å². The lowest BCUT2D eigenvalue weighted by Gasteiger charge is -2.07. The summed E-state index contributed by atoms with van der Waals surface area (Å²) in [7, 11) is 0. The van der Waals surface area contributed by atoms with E-state index in [-0.39, 0.29) is 12.2 Å². The van der Waals surface area contributed by atoms with Crippen molar-refractivity contribution in [3.63, 3.8) is 0 Å². The maximum Gasteiger partial charge on any atom is 0.341 e. The number of unbranched alkanes of at least 4 members (excludes halogenated alkanes) is 1. The predicted octanol–water partition coefficient (Wildman–Crippen LogP) is 4.16. The Morgan fingerprint density at radius 3 is 2.68 bits per heavy atom. The molecule has 0 atom stereocenters. The Morgan fingerprint density at radius 1 is 1.36 bits per heavy atom. The molecular formula is C16H20F2N2O2. The normalized spacial score (nSPS) is 13.8.